The Morgan fingerprint density at radius 2 is 2.14 bits per heavy atom. The zero-order chi connectivity index (χ0) is 20.1. The van der Waals surface area contributed by atoms with Crippen LogP contribution in [0.5, 0.6) is 0 Å². The number of oxazole rings is 1. The average Bonchev–Trinajstić information content (AvgIpc) is 3.43. The lowest BCUT2D eigenvalue weighted by atomic mass is 10.0. The lowest BCUT2D eigenvalue weighted by Crippen LogP contribution is -2.42. The summed E-state index contributed by atoms with van der Waals surface area (Å²) in [6, 6.07) is 6.54. The van der Waals surface area contributed by atoms with Crippen LogP contribution in [0.15, 0.2) is 35.0 Å². The predicted octanol–water partition coefficient (Wildman–Crippen LogP) is 2.40. The number of nitrogens with zero attached hydrogens (tertiary/aromatic N) is 6. The number of aryl methyl sites for hydroxylation is 1. The first-order valence-electron chi connectivity index (χ1n) is 8.90. The first-order chi connectivity index (χ1) is 14.0. The number of imidazole rings is 1. The Balaban J connectivity index is 1.60. The minimum Gasteiger partial charge on any atom is -0.438 e. The smallest absolute Gasteiger partial charge is 0.299 e. The highest BCUT2D eigenvalue weighted by molar-refractivity contribution is 5.91. The molecular weight excluding hydrogens is 384 g/mol. The van der Waals surface area contributed by atoms with Gasteiger partial charge in [0.15, 0.2) is 11.6 Å². The molecule has 0 saturated heterocycles. The van der Waals surface area contributed by atoms with Crippen LogP contribution in [0.2, 0.25) is 0 Å². The van der Waals surface area contributed by atoms with Crippen LogP contribution in [0.3, 0.4) is 0 Å². The van der Waals surface area contributed by atoms with Crippen LogP contribution in [-0.4, -0.2) is 47.1 Å². The van der Waals surface area contributed by atoms with Crippen LogP contribution >= 0.6 is 0 Å². The molecule has 1 aliphatic rings. The van der Waals surface area contributed by atoms with Gasteiger partial charge < -0.3 is 14.3 Å². The average molecular weight is 399 g/mol. The van der Waals surface area contributed by atoms with Gasteiger partial charge in [-0.15, -0.1) is 5.10 Å². The first-order valence-corrected chi connectivity index (χ1v) is 8.90. The highest BCUT2D eigenvalue weighted by Crippen LogP contribution is 2.35. The molecule has 1 N–H and O–H groups in total. The number of alkyl halides is 2. The van der Waals surface area contributed by atoms with E-state index in [1.165, 1.54) is 11.9 Å². The van der Waals surface area contributed by atoms with Crippen LogP contribution in [0.4, 0.5) is 8.78 Å². The van der Waals surface area contributed by atoms with Crippen molar-refractivity contribution in [2.75, 3.05) is 6.54 Å². The molecule has 5 rings (SSSR count). The maximum absolute atomic E-state index is 13.2. The van der Waals surface area contributed by atoms with Crippen LogP contribution in [0.25, 0.3) is 11.1 Å². The van der Waals surface area contributed by atoms with Crippen LogP contribution in [0.1, 0.15) is 46.2 Å². The number of hydrogen-bond acceptors (Lipinski definition) is 6. The molecule has 0 saturated carbocycles. The van der Waals surface area contributed by atoms with Gasteiger partial charge in [0.25, 0.3) is 12.3 Å². The quantitative estimate of drug-likeness (QED) is 0.567. The second kappa shape index (κ2) is 6.47. The zero-order valence-electron chi connectivity index (χ0n) is 15.2. The van der Waals surface area contributed by atoms with Crippen molar-refractivity contribution in [3.05, 3.63) is 59.5 Å². The fourth-order valence-corrected chi connectivity index (χ4v) is 3.56. The Hall–Kier alpha value is -3.63. The topological polar surface area (TPSA) is 106 Å². The molecule has 148 valence electrons. The minimum atomic E-state index is -2.87. The van der Waals surface area contributed by atoms with Gasteiger partial charge in [0.05, 0.1) is 12.0 Å². The van der Waals surface area contributed by atoms with Crippen molar-refractivity contribution in [1.29, 1.82) is 0 Å². The molecule has 1 aliphatic heterocycles. The fourth-order valence-electron chi connectivity index (χ4n) is 3.56. The SMILES string of the molecule is Cn1nc(C(F)F)nc1C(=O)N1CCc2[nH]cnc2[C@H]1c1nc2ccccc2o1. The Bertz CT molecular complexity index is 1180. The molecule has 0 bridgehead atoms. The van der Waals surface area contributed by atoms with Gasteiger partial charge in [-0.05, 0) is 12.1 Å². The number of benzene rings is 1. The van der Waals surface area contributed by atoms with E-state index in [4.69, 9.17) is 4.42 Å². The molecular formula is C18H15F2N7O2. The van der Waals surface area contributed by atoms with Crippen molar-refractivity contribution in [3.8, 4) is 0 Å². The molecule has 0 radical (unpaired) electrons. The summed E-state index contributed by atoms with van der Waals surface area (Å²) in [6.07, 6.45) is -0.794. The van der Waals surface area contributed by atoms with Gasteiger partial charge in [-0.2, -0.15) is 0 Å². The third-order valence-electron chi connectivity index (χ3n) is 4.90. The Morgan fingerprint density at radius 1 is 1.31 bits per heavy atom. The van der Waals surface area contributed by atoms with Crippen molar-refractivity contribution in [2.24, 2.45) is 7.05 Å². The molecule has 29 heavy (non-hydrogen) atoms. The molecule has 1 atom stereocenters. The highest BCUT2D eigenvalue weighted by atomic mass is 19.3. The summed E-state index contributed by atoms with van der Waals surface area (Å²) in [7, 11) is 1.41. The molecule has 0 unspecified atom stereocenters. The van der Waals surface area contributed by atoms with E-state index in [0.717, 1.165) is 10.4 Å². The second-order valence-corrected chi connectivity index (χ2v) is 6.66. The van der Waals surface area contributed by atoms with E-state index in [1.807, 2.05) is 12.1 Å². The van der Waals surface area contributed by atoms with Gasteiger partial charge in [-0.1, -0.05) is 12.1 Å². The maximum atomic E-state index is 13.2. The Kier molecular flexibility index (Phi) is 3.89. The van der Waals surface area contributed by atoms with E-state index in [2.05, 4.69) is 25.0 Å². The van der Waals surface area contributed by atoms with Crippen LogP contribution in [0, 0.1) is 0 Å². The zero-order valence-corrected chi connectivity index (χ0v) is 15.2. The summed E-state index contributed by atoms with van der Waals surface area (Å²) in [6.45, 7) is 0.314. The maximum Gasteiger partial charge on any atom is 0.299 e. The first kappa shape index (κ1) is 17.5. The monoisotopic (exact) mass is 399 g/mol. The number of aromatic amines is 1. The van der Waals surface area contributed by atoms with Crippen molar-refractivity contribution in [1.82, 2.24) is 34.6 Å². The number of para-hydroxylation sites is 2. The van der Waals surface area contributed by atoms with Crippen molar-refractivity contribution in [2.45, 2.75) is 18.9 Å². The largest absolute Gasteiger partial charge is 0.438 e. The van der Waals surface area contributed by atoms with E-state index in [1.54, 1.807) is 18.5 Å². The Morgan fingerprint density at radius 3 is 2.90 bits per heavy atom. The molecule has 0 aliphatic carbocycles. The van der Waals surface area contributed by atoms with Crippen molar-refractivity contribution >= 4 is 17.0 Å². The van der Waals surface area contributed by atoms with Crippen LogP contribution < -0.4 is 0 Å². The van der Waals surface area contributed by atoms with Crippen molar-refractivity contribution < 1.29 is 18.0 Å². The summed E-state index contributed by atoms with van der Waals surface area (Å²) >= 11 is 0. The molecule has 9 nitrogen and oxygen atoms in total. The number of nitrogens with one attached hydrogen (secondary N) is 1. The number of fused-ring (bicyclic) bond motifs is 2. The number of rotatable bonds is 3. The fraction of sp³-hybridized carbons (Fsp3) is 0.278. The summed E-state index contributed by atoms with van der Waals surface area (Å²) in [5, 5.41) is 3.64. The Labute approximate surface area is 162 Å². The lowest BCUT2D eigenvalue weighted by Gasteiger charge is -2.32. The molecule has 11 heteroatoms. The van der Waals surface area contributed by atoms with Gasteiger partial charge in [0.2, 0.25) is 17.5 Å². The minimum absolute atomic E-state index is 0.180. The van der Waals surface area contributed by atoms with E-state index < -0.39 is 24.2 Å². The van der Waals surface area contributed by atoms with Gasteiger partial charge in [0.1, 0.15) is 5.52 Å². The molecule has 1 amide bonds. The van der Waals surface area contributed by atoms with Gasteiger partial charge in [-0.25, -0.2) is 28.4 Å². The number of H-pyrrole nitrogens is 1. The molecule has 0 spiro atoms. The third kappa shape index (κ3) is 2.77. The number of hydrogen-bond donors (Lipinski definition) is 1. The molecule has 0 fully saturated rings. The van der Waals surface area contributed by atoms with Gasteiger partial charge in [0, 0.05) is 25.7 Å². The number of halogens is 2. The van der Waals surface area contributed by atoms with E-state index in [9.17, 15) is 13.6 Å². The van der Waals surface area contributed by atoms with E-state index in [0.29, 0.717) is 35.6 Å². The van der Waals surface area contributed by atoms with E-state index in [-0.39, 0.29) is 5.82 Å². The molecule has 3 aromatic heterocycles. The van der Waals surface area contributed by atoms with Gasteiger partial charge in [-0.3, -0.25) is 4.79 Å². The summed E-state index contributed by atoms with van der Waals surface area (Å²) in [5.74, 6) is -1.12. The highest BCUT2D eigenvalue weighted by Gasteiger charge is 2.39. The molecule has 4 aromatic rings. The van der Waals surface area contributed by atoms with Gasteiger partial charge >= 0.3 is 0 Å². The normalized spacial score (nSPS) is 16.6. The lowest BCUT2D eigenvalue weighted by molar-refractivity contribution is 0.0649. The standard InChI is InChI=1S/C18H15F2N7O2/c1-26-16(24-15(25-26)14(19)20)18(28)27-7-6-10-12(22-8-21-10)13(27)17-23-9-4-2-3-5-11(9)29-17/h2-5,8,13-14H,6-7H2,1H3,(H,21,22)/t13-/m0/s1. The van der Waals surface area contributed by atoms with Crippen molar-refractivity contribution in [3.63, 3.8) is 0 Å². The second-order valence-electron chi connectivity index (χ2n) is 6.66. The number of carbonyl (C=O) groups excluding carboxylic acids is 1. The van der Waals surface area contributed by atoms with E-state index >= 15 is 0 Å². The number of amides is 1. The third-order valence-corrected chi connectivity index (χ3v) is 4.90. The number of aromatic nitrogens is 6. The summed E-state index contributed by atoms with van der Waals surface area (Å²) < 4.78 is 32.9. The summed E-state index contributed by atoms with van der Waals surface area (Å²) in [5.41, 5.74) is 2.70. The molecule has 4 heterocycles. The van der Waals surface area contributed by atoms with Crippen LogP contribution in [-0.2, 0) is 13.5 Å². The molecule has 1 aromatic carbocycles. The summed E-state index contributed by atoms with van der Waals surface area (Å²) in [4.78, 5) is 30.4. The number of carbonyl (C=O) groups is 1. The predicted molar refractivity (Wildman–Crippen MR) is 95.1 cm³/mol.